The van der Waals surface area contributed by atoms with Crippen LogP contribution >= 0.6 is 0 Å². The minimum atomic E-state index is -0.597. The Bertz CT molecular complexity index is 544. The number of rotatable bonds is 5. The third-order valence-corrected chi connectivity index (χ3v) is 5.53. The Morgan fingerprint density at radius 1 is 1.04 bits per heavy atom. The van der Waals surface area contributed by atoms with Gasteiger partial charge in [-0.1, -0.05) is 26.2 Å². The SMILES string of the molecule is CC[C@@H](NC(=O)OC(C)(C)C)C(=O)N1CCC(NC(=O)C2CCCCC2)CC1. The number of hydrogen-bond acceptors (Lipinski definition) is 4. The van der Waals surface area contributed by atoms with Crippen LogP contribution in [0.25, 0.3) is 0 Å². The molecule has 0 spiro atoms. The van der Waals surface area contributed by atoms with E-state index in [0.717, 1.165) is 38.5 Å². The molecule has 1 heterocycles. The molecule has 3 amide bonds. The van der Waals surface area contributed by atoms with E-state index in [1.54, 1.807) is 25.7 Å². The molecular formula is C21H37N3O4. The lowest BCUT2D eigenvalue weighted by Gasteiger charge is -2.35. The van der Waals surface area contributed by atoms with E-state index in [4.69, 9.17) is 4.74 Å². The number of carbonyl (C=O) groups excluding carboxylic acids is 3. The summed E-state index contributed by atoms with van der Waals surface area (Å²) in [5, 5.41) is 5.87. The van der Waals surface area contributed by atoms with Gasteiger partial charge in [-0.15, -0.1) is 0 Å². The van der Waals surface area contributed by atoms with Gasteiger partial charge in [-0.3, -0.25) is 9.59 Å². The molecular weight excluding hydrogens is 358 g/mol. The highest BCUT2D eigenvalue weighted by atomic mass is 16.6. The summed E-state index contributed by atoms with van der Waals surface area (Å²) < 4.78 is 5.26. The van der Waals surface area contributed by atoms with Crippen LogP contribution in [0.5, 0.6) is 0 Å². The first kappa shape index (κ1) is 22.5. The maximum Gasteiger partial charge on any atom is 0.408 e. The molecule has 7 heteroatoms. The van der Waals surface area contributed by atoms with Crippen molar-refractivity contribution in [1.82, 2.24) is 15.5 Å². The Balaban J connectivity index is 1.78. The topological polar surface area (TPSA) is 87.7 Å². The molecule has 2 fully saturated rings. The van der Waals surface area contributed by atoms with Gasteiger partial charge in [0.15, 0.2) is 0 Å². The summed E-state index contributed by atoms with van der Waals surface area (Å²) in [6.45, 7) is 8.45. The van der Waals surface area contributed by atoms with Gasteiger partial charge < -0.3 is 20.3 Å². The second-order valence-corrected chi connectivity index (χ2v) is 9.05. The van der Waals surface area contributed by atoms with E-state index in [1.807, 2.05) is 6.92 Å². The van der Waals surface area contributed by atoms with Gasteiger partial charge in [0, 0.05) is 25.0 Å². The lowest BCUT2D eigenvalue weighted by atomic mass is 9.88. The second kappa shape index (κ2) is 10.1. The van der Waals surface area contributed by atoms with Crippen LogP contribution in [-0.4, -0.2) is 53.6 Å². The number of hydrogen-bond donors (Lipinski definition) is 2. The van der Waals surface area contributed by atoms with Crippen molar-refractivity contribution in [3.8, 4) is 0 Å². The van der Waals surface area contributed by atoms with Gasteiger partial charge in [-0.25, -0.2) is 4.79 Å². The van der Waals surface area contributed by atoms with E-state index in [-0.39, 0.29) is 23.8 Å². The van der Waals surface area contributed by atoms with Crippen LogP contribution < -0.4 is 10.6 Å². The molecule has 1 saturated carbocycles. The number of carbonyl (C=O) groups is 3. The number of likely N-dealkylation sites (tertiary alicyclic amines) is 1. The highest BCUT2D eigenvalue weighted by molar-refractivity contribution is 5.86. The number of ether oxygens (including phenoxy) is 1. The second-order valence-electron chi connectivity index (χ2n) is 9.05. The van der Waals surface area contributed by atoms with Gasteiger partial charge >= 0.3 is 6.09 Å². The molecule has 2 N–H and O–H groups in total. The normalized spacial score (nSPS) is 20.4. The first-order valence-electron chi connectivity index (χ1n) is 10.8. The fourth-order valence-electron chi connectivity index (χ4n) is 3.94. The van der Waals surface area contributed by atoms with Crippen LogP contribution in [0.4, 0.5) is 4.79 Å². The van der Waals surface area contributed by atoms with E-state index >= 15 is 0 Å². The molecule has 28 heavy (non-hydrogen) atoms. The van der Waals surface area contributed by atoms with Gasteiger partial charge in [0.25, 0.3) is 0 Å². The summed E-state index contributed by atoms with van der Waals surface area (Å²) in [6, 6.07) is -0.444. The fraction of sp³-hybridized carbons (Fsp3) is 0.857. The molecule has 0 bridgehead atoms. The van der Waals surface area contributed by atoms with E-state index in [0.29, 0.717) is 19.5 Å². The van der Waals surface area contributed by atoms with Crippen molar-refractivity contribution >= 4 is 17.9 Å². The van der Waals surface area contributed by atoms with Crippen molar-refractivity contribution in [3.05, 3.63) is 0 Å². The van der Waals surface area contributed by atoms with Crippen molar-refractivity contribution in [2.45, 2.75) is 96.7 Å². The van der Waals surface area contributed by atoms with Crippen LogP contribution in [0.15, 0.2) is 0 Å². The molecule has 0 radical (unpaired) electrons. The quantitative estimate of drug-likeness (QED) is 0.749. The number of nitrogens with zero attached hydrogens (tertiary/aromatic N) is 1. The minimum absolute atomic E-state index is 0.0783. The molecule has 2 aliphatic rings. The van der Waals surface area contributed by atoms with Gasteiger partial charge in [0.2, 0.25) is 11.8 Å². The van der Waals surface area contributed by atoms with Crippen molar-refractivity contribution < 1.29 is 19.1 Å². The molecule has 1 aliphatic heterocycles. The molecule has 160 valence electrons. The third kappa shape index (κ3) is 6.99. The van der Waals surface area contributed by atoms with Gasteiger partial charge in [0.05, 0.1) is 0 Å². The summed E-state index contributed by atoms with van der Waals surface area (Å²) in [7, 11) is 0. The fourth-order valence-corrected chi connectivity index (χ4v) is 3.94. The van der Waals surface area contributed by atoms with Crippen LogP contribution in [0.3, 0.4) is 0 Å². The van der Waals surface area contributed by atoms with Crippen molar-refractivity contribution in [2.75, 3.05) is 13.1 Å². The monoisotopic (exact) mass is 395 g/mol. The number of nitrogens with one attached hydrogen (secondary N) is 2. The lowest BCUT2D eigenvalue weighted by molar-refractivity contribution is -0.135. The first-order chi connectivity index (χ1) is 13.2. The van der Waals surface area contributed by atoms with Gasteiger partial charge in [0.1, 0.15) is 11.6 Å². The van der Waals surface area contributed by atoms with Crippen molar-refractivity contribution in [2.24, 2.45) is 5.92 Å². The van der Waals surface area contributed by atoms with E-state index in [9.17, 15) is 14.4 Å². The predicted octanol–water partition coefficient (Wildman–Crippen LogP) is 2.98. The molecule has 0 aromatic heterocycles. The Hall–Kier alpha value is -1.79. The summed E-state index contributed by atoms with van der Waals surface area (Å²) in [4.78, 5) is 39.0. The maximum atomic E-state index is 12.8. The summed E-state index contributed by atoms with van der Waals surface area (Å²) >= 11 is 0. The van der Waals surface area contributed by atoms with Gasteiger partial charge in [-0.2, -0.15) is 0 Å². The van der Waals surface area contributed by atoms with Gasteiger partial charge in [-0.05, 0) is 52.9 Å². The molecule has 0 unspecified atom stereocenters. The van der Waals surface area contributed by atoms with Crippen LogP contribution in [-0.2, 0) is 14.3 Å². The standard InChI is InChI=1S/C21H37N3O4/c1-5-17(23-20(27)28-21(2,3)4)19(26)24-13-11-16(12-14-24)22-18(25)15-9-7-6-8-10-15/h15-17H,5-14H2,1-4H3,(H,22,25)(H,23,27)/t17-/m1/s1. The highest BCUT2D eigenvalue weighted by Gasteiger charge is 2.31. The first-order valence-corrected chi connectivity index (χ1v) is 10.8. The Labute approximate surface area is 168 Å². The zero-order chi connectivity index (χ0) is 20.7. The number of alkyl carbamates (subject to hydrolysis) is 1. The number of amides is 3. The molecule has 1 saturated heterocycles. The summed E-state index contributed by atoms with van der Waals surface area (Å²) in [5.74, 6) is 0.267. The van der Waals surface area contributed by atoms with Crippen LogP contribution in [0.1, 0.15) is 79.1 Å². The molecule has 1 aliphatic carbocycles. The smallest absolute Gasteiger partial charge is 0.408 e. The predicted molar refractivity (Wildman–Crippen MR) is 108 cm³/mol. The Morgan fingerprint density at radius 3 is 2.18 bits per heavy atom. The minimum Gasteiger partial charge on any atom is -0.444 e. The van der Waals surface area contributed by atoms with Crippen molar-refractivity contribution in [3.63, 3.8) is 0 Å². The van der Waals surface area contributed by atoms with Crippen LogP contribution in [0, 0.1) is 5.92 Å². The molecule has 0 aromatic rings. The largest absolute Gasteiger partial charge is 0.444 e. The molecule has 1 atom stereocenters. The van der Waals surface area contributed by atoms with E-state index < -0.39 is 17.7 Å². The summed E-state index contributed by atoms with van der Waals surface area (Å²) in [5.41, 5.74) is -0.597. The van der Waals surface area contributed by atoms with Crippen LogP contribution in [0.2, 0.25) is 0 Å². The average molecular weight is 396 g/mol. The maximum absolute atomic E-state index is 12.8. The van der Waals surface area contributed by atoms with E-state index in [2.05, 4.69) is 10.6 Å². The molecule has 0 aromatic carbocycles. The number of piperidine rings is 1. The third-order valence-electron chi connectivity index (χ3n) is 5.53. The zero-order valence-corrected chi connectivity index (χ0v) is 17.9. The summed E-state index contributed by atoms with van der Waals surface area (Å²) in [6.07, 6.45) is 6.98. The van der Waals surface area contributed by atoms with E-state index in [1.165, 1.54) is 6.42 Å². The molecule has 2 rings (SSSR count). The Kier molecular flexibility index (Phi) is 8.13. The average Bonchev–Trinajstić information content (AvgIpc) is 2.65. The zero-order valence-electron chi connectivity index (χ0n) is 17.9. The highest BCUT2D eigenvalue weighted by Crippen LogP contribution is 2.24. The lowest BCUT2D eigenvalue weighted by Crippen LogP contribution is -2.53. The molecule has 7 nitrogen and oxygen atoms in total. The van der Waals surface area contributed by atoms with Crippen molar-refractivity contribution in [1.29, 1.82) is 0 Å². The Morgan fingerprint density at radius 2 is 1.64 bits per heavy atom.